The van der Waals surface area contributed by atoms with E-state index < -0.39 is 0 Å². The first-order valence-corrected chi connectivity index (χ1v) is 5.89. The molecular formula is C13H12BrNO. The van der Waals surface area contributed by atoms with Crippen molar-refractivity contribution in [1.29, 1.82) is 0 Å². The third-order valence-electron chi connectivity index (χ3n) is 2.25. The summed E-state index contributed by atoms with van der Waals surface area (Å²) in [4.78, 5) is 4.44. The summed E-state index contributed by atoms with van der Waals surface area (Å²) in [6.07, 6.45) is 5.94. The van der Waals surface area contributed by atoms with E-state index in [0.29, 0.717) is 5.89 Å². The van der Waals surface area contributed by atoms with Gasteiger partial charge in [-0.05, 0) is 32.0 Å². The summed E-state index contributed by atoms with van der Waals surface area (Å²) in [7, 11) is 0. The second kappa shape index (κ2) is 4.66. The second-order valence-electron chi connectivity index (χ2n) is 3.38. The van der Waals surface area contributed by atoms with Gasteiger partial charge in [-0.1, -0.05) is 34.2 Å². The summed E-state index contributed by atoms with van der Waals surface area (Å²) in [6.45, 7) is 3.95. The van der Waals surface area contributed by atoms with Crippen LogP contribution in [-0.4, -0.2) is 4.98 Å². The Hall–Kier alpha value is -1.35. The highest BCUT2D eigenvalue weighted by Gasteiger charge is 2.07. The Morgan fingerprint density at radius 1 is 1.38 bits per heavy atom. The molecule has 2 rings (SSSR count). The lowest BCUT2D eigenvalue weighted by atomic mass is 10.2. The van der Waals surface area contributed by atoms with Gasteiger partial charge in [0.1, 0.15) is 5.52 Å². The van der Waals surface area contributed by atoms with Crippen molar-refractivity contribution in [3.63, 3.8) is 0 Å². The number of oxazole rings is 1. The molecule has 0 unspecified atom stereocenters. The van der Waals surface area contributed by atoms with Gasteiger partial charge in [-0.3, -0.25) is 0 Å². The number of allylic oxidation sites excluding steroid dienone is 4. The van der Waals surface area contributed by atoms with Crippen LogP contribution in [0.15, 0.2) is 45.3 Å². The Kier molecular flexibility index (Phi) is 3.25. The molecule has 82 valence electrons. The molecule has 2 aromatic rings. The molecule has 1 aromatic carbocycles. The Morgan fingerprint density at radius 3 is 2.88 bits per heavy atom. The number of aromatic nitrogens is 1. The van der Waals surface area contributed by atoms with Crippen molar-refractivity contribution < 1.29 is 4.42 Å². The number of halogens is 1. The van der Waals surface area contributed by atoms with Crippen LogP contribution in [0, 0.1) is 0 Å². The molecule has 0 saturated carbocycles. The van der Waals surface area contributed by atoms with Gasteiger partial charge in [0, 0.05) is 10.0 Å². The third-order valence-corrected chi connectivity index (χ3v) is 2.75. The Labute approximate surface area is 103 Å². The molecule has 0 bridgehead atoms. The van der Waals surface area contributed by atoms with Gasteiger partial charge in [0.2, 0.25) is 5.89 Å². The molecule has 1 heterocycles. The molecule has 3 heteroatoms. The van der Waals surface area contributed by atoms with Crippen LogP contribution in [0.3, 0.4) is 0 Å². The number of fused-ring (bicyclic) bond motifs is 1. The smallest absolute Gasteiger partial charge is 0.226 e. The normalized spacial score (nSPS) is 12.8. The maximum absolute atomic E-state index is 5.69. The highest BCUT2D eigenvalue weighted by molar-refractivity contribution is 9.10. The van der Waals surface area contributed by atoms with E-state index in [1.165, 1.54) is 0 Å². The summed E-state index contributed by atoms with van der Waals surface area (Å²) in [5, 5.41) is 0. The summed E-state index contributed by atoms with van der Waals surface area (Å²) in [6, 6.07) is 5.82. The lowest BCUT2D eigenvalue weighted by Crippen LogP contribution is -1.78. The molecule has 0 N–H and O–H groups in total. The van der Waals surface area contributed by atoms with Crippen LogP contribution in [-0.2, 0) is 0 Å². The van der Waals surface area contributed by atoms with Crippen LogP contribution < -0.4 is 0 Å². The van der Waals surface area contributed by atoms with Gasteiger partial charge in [-0.2, -0.15) is 0 Å². The van der Waals surface area contributed by atoms with Crippen molar-refractivity contribution in [3.8, 4) is 0 Å². The predicted octanol–water partition coefficient (Wildman–Crippen LogP) is 4.57. The first kappa shape index (κ1) is 11.1. The molecule has 0 saturated heterocycles. The zero-order valence-corrected chi connectivity index (χ0v) is 10.8. The molecule has 0 atom stereocenters. The van der Waals surface area contributed by atoms with E-state index >= 15 is 0 Å². The molecular weight excluding hydrogens is 266 g/mol. The van der Waals surface area contributed by atoms with E-state index in [1.807, 2.05) is 50.3 Å². The van der Waals surface area contributed by atoms with E-state index in [4.69, 9.17) is 4.42 Å². The standard InChI is InChI=1S/C13H12BrNO/c1-3-5-9(4-2)13-15-11-7-6-10(14)8-12(11)16-13/h3-8H,1-2H3/b5-3-,9-4+. The third kappa shape index (κ3) is 2.09. The minimum Gasteiger partial charge on any atom is -0.436 e. The fraction of sp³-hybridized carbons (Fsp3) is 0.154. The Bertz CT molecular complexity index is 566. The average Bonchev–Trinajstić information content (AvgIpc) is 2.68. The van der Waals surface area contributed by atoms with Crippen LogP contribution in [0.25, 0.3) is 16.7 Å². The molecule has 1 aromatic heterocycles. The summed E-state index contributed by atoms with van der Waals surface area (Å²) in [5.41, 5.74) is 2.67. The highest BCUT2D eigenvalue weighted by atomic mass is 79.9. The van der Waals surface area contributed by atoms with Gasteiger partial charge in [-0.25, -0.2) is 4.98 Å². The van der Waals surface area contributed by atoms with Gasteiger partial charge >= 0.3 is 0 Å². The first-order valence-electron chi connectivity index (χ1n) is 5.10. The van der Waals surface area contributed by atoms with E-state index in [-0.39, 0.29) is 0 Å². The van der Waals surface area contributed by atoms with Gasteiger partial charge in [-0.15, -0.1) is 0 Å². The molecule has 2 nitrogen and oxygen atoms in total. The van der Waals surface area contributed by atoms with Gasteiger partial charge in [0.25, 0.3) is 0 Å². The van der Waals surface area contributed by atoms with Gasteiger partial charge in [0.05, 0.1) is 0 Å². The maximum atomic E-state index is 5.69. The zero-order chi connectivity index (χ0) is 11.5. The lowest BCUT2D eigenvalue weighted by Gasteiger charge is -1.92. The van der Waals surface area contributed by atoms with Gasteiger partial charge < -0.3 is 4.42 Å². The molecule has 16 heavy (non-hydrogen) atoms. The zero-order valence-electron chi connectivity index (χ0n) is 9.20. The molecule has 0 spiro atoms. The fourth-order valence-electron chi connectivity index (χ4n) is 1.49. The van der Waals surface area contributed by atoms with E-state index in [0.717, 1.165) is 21.1 Å². The molecule has 0 aliphatic heterocycles. The number of hydrogen-bond donors (Lipinski definition) is 0. The molecule has 0 radical (unpaired) electrons. The monoisotopic (exact) mass is 277 g/mol. The van der Waals surface area contributed by atoms with Gasteiger partial charge in [0.15, 0.2) is 5.58 Å². The quantitative estimate of drug-likeness (QED) is 0.752. The highest BCUT2D eigenvalue weighted by Crippen LogP contribution is 2.24. The Morgan fingerprint density at radius 2 is 2.19 bits per heavy atom. The SMILES string of the molecule is C/C=C\C(=C/C)c1nc2ccc(Br)cc2o1. The molecule has 0 amide bonds. The van der Waals surface area contributed by atoms with Crippen molar-refractivity contribution in [1.82, 2.24) is 4.98 Å². The first-order chi connectivity index (χ1) is 7.74. The molecule has 0 fully saturated rings. The van der Waals surface area contributed by atoms with Crippen LogP contribution >= 0.6 is 15.9 Å². The van der Waals surface area contributed by atoms with E-state index in [1.54, 1.807) is 0 Å². The second-order valence-corrected chi connectivity index (χ2v) is 4.29. The number of hydrogen-bond acceptors (Lipinski definition) is 2. The minimum absolute atomic E-state index is 0.661. The van der Waals surface area contributed by atoms with Crippen LogP contribution in [0.5, 0.6) is 0 Å². The van der Waals surface area contributed by atoms with Crippen molar-refractivity contribution in [2.24, 2.45) is 0 Å². The molecule has 0 aliphatic rings. The lowest BCUT2D eigenvalue weighted by molar-refractivity contribution is 0.585. The fourth-order valence-corrected chi connectivity index (χ4v) is 1.83. The topological polar surface area (TPSA) is 26.0 Å². The van der Waals surface area contributed by atoms with Crippen LogP contribution in [0.2, 0.25) is 0 Å². The largest absolute Gasteiger partial charge is 0.436 e. The number of nitrogens with zero attached hydrogens (tertiary/aromatic N) is 1. The predicted molar refractivity (Wildman–Crippen MR) is 70.2 cm³/mol. The summed E-state index contributed by atoms with van der Waals surface area (Å²) >= 11 is 3.41. The molecule has 0 aliphatic carbocycles. The maximum Gasteiger partial charge on any atom is 0.226 e. The van der Waals surface area contributed by atoms with Crippen molar-refractivity contribution in [2.75, 3.05) is 0 Å². The minimum atomic E-state index is 0.661. The van der Waals surface area contributed by atoms with Crippen molar-refractivity contribution in [2.45, 2.75) is 13.8 Å². The average molecular weight is 278 g/mol. The number of rotatable bonds is 2. The van der Waals surface area contributed by atoms with Crippen molar-refractivity contribution in [3.05, 3.63) is 46.8 Å². The number of benzene rings is 1. The van der Waals surface area contributed by atoms with Crippen molar-refractivity contribution >= 4 is 32.6 Å². The van der Waals surface area contributed by atoms with E-state index in [9.17, 15) is 0 Å². The summed E-state index contributed by atoms with van der Waals surface area (Å²) < 4.78 is 6.69. The van der Waals surface area contributed by atoms with E-state index in [2.05, 4.69) is 20.9 Å². The summed E-state index contributed by atoms with van der Waals surface area (Å²) in [5.74, 6) is 0.661. The van der Waals surface area contributed by atoms with Crippen LogP contribution in [0.4, 0.5) is 0 Å². The Balaban J connectivity index is 2.54. The van der Waals surface area contributed by atoms with Crippen LogP contribution in [0.1, 0.15) is 19.7 Å².